The van der Waals surface area contributed by atoms with Crippen molar-refractivity contribution in [1.29, 1.82) is 0 Å². The third kappa shape index (κ3) is 3.26. The van der Waals surface area contributed by atoms with Gasteiger partial charge in [0.15, 0.2) is 0 Å². The Morgan fingerprint density at radius 1 is 1.43 bits per heavy atom. The zero-order valence-electron chi connectivity index (χ0n) is 12.1. The number of aromatic nitrogens is 2. The maximum atomic E-state index is 12.1. The van der Waals surface area contributed by atoms with Crippen LogP contribution in [0.1, 0.15) is 18.5 Å². The van der Waals surface area contributed by atoms with Gasteiger partial charge in [0, 0.05) is 24.8 Å². The molecule has 3 heterocycles. The molecule has 0 aliphatic carbocycles. The first-order valence-electron chi connectivity index (χ1n) is 7.22. The number of pyridine rings is 1. The number of fused-ring (bicyclic) bond motifs is 1. The Hall–Kier alpha value is -1.43. The lowest BCUT2D eigenvalue weighted by molar-refractivity contribution is 0.190. The van der Waals surface area contributed by atoms with Crippen molar-refractivity contribution in [2.75, 3.05) is 20.1 Å². The summed E-state index contributed by atoms with van der Waals surface area (Å²) in [4.78, 5) is 19.0. The smallest absolute Gasteiger partial charge is 0.258 e. The molecule has 2 aromatic rings. The summed E-state index contributed by atoms with van der Waals surface area (Å²) in [5, 5.41) is 3.90. The van der Waals surface area contributed by atoms with Crippen molar-refractivity contribution in [2.45, 2.75) is 25.4 Å². The fraction of sp³-hybridized carbons (Fsp3) is 0.467. The van der Waals surface area contributed by atoms with E-state index in [2.05, 4.69) is 22.2 Å². The van der Waals surface area contributed by atoms with Crippen LogP contribution in [-0.4, -0.2) is 40.5 Å². The highest BCUT2D eigenvalue weighted by Gasteiger charge is 2.18. The minimum Gasteiger partial charge on any atom is -0.317 e. The summed E-state index contributed by atoms with van der Waals surface area (Å²) < 4.78 is 1.48. The summed E-state index contributed by atoms with van der Waals surface area (Å²) in [6.07, 6.45) is 3.88. The van der Waals surface area contributed by atoms with Crippen molar-refractivity contribution in [1.82, 2.24) is 19.6 Å². The lowest BCUT2D eigenvalue weighted by Gasteiger charge is -2.31. The van der Waals surface area contributed by atoms with Crippen LogP contribution in [0.5, 0.6) is 0 Å². The van der Waals surface area contributed by atoms with Crippen LogP contribution in [0.25, 0.3) is 5.65 Å². The lowest BCUT2D eigenvalue weighted by Crippen LogP contribution is -2.41. The van der Waals surface area contributed by atoms with E-state index >= 15 is 0 Å². The maximum Gasteiger partial charge on any atom is 0.258 e. The van der Waals surface area contributed by atoms with Crippen LogP contribution in [0.2, 0.25) is 5.02 Å². The van der Waals surface area contributed by atoms with Crippen molar-refractivity contribution in [3.63, 3.8) is 0 Å². The second-order valence-corrected chi connectivity index (χ2v) is 5.99. The van der Waals surface area contributed by atoms with Crippen LogP contribution < -0.4 is 10.9 Å². The van der Waals surface area contributed by atoms with Gasteiger partial charge in [-0.05, 0) is 45.1 Å². The SMILES string of the molecule is CN(Cc1cc(=O)n2cc(Cl)ccc2n1)C1CCNCC1. The van der Waals surface area contributed by atoms with E-state index in [4.69, 9.17) is 11.6 Å². The van der Waals surface area contributed by atoms with Crippen molar-refractivity contribution in [3.8, 4) is 0 Å². The molecule has 0 radical (unpaired) electrons. The zero-order chi connectivity index (χ0) is 14.8. The van der Waals surface area contributed by atoms with Crippen LogP contribution in [0.15, 0.2) is 29.2 Å². The maximum absolute atomic E-state index is 12.1. The molecule has 2 aromatic heterocycles. The van der Waals surface area contributed by atoms with Gasteiger partial charge in [-0.2, -0.15) is 0 Å². The highest BCUT2D eigenvalue weighted by atomic mass is 35.5. The van der Waals surface area contributed by atoms with E-state index in [1.165, 1.54) is 4.40 Å². The number of hydrogen-bond donors (Lipinski definition) is 1. The third-order valence-electron chi connectivity index (χ3n) is 4.02. The Labute approximate surface area is 128 Å². The third-order valence-corrected chi connectivity index (χ3v) is 4.24. The van der Waals surface area contributed by atoms with Gasteiger partial charge in [0.2, 0.25) is 0 Å². The molecular weight excluding hydrogens is 288 g/mol. The lowest BCUT2D eigenvalue weighted by atomic mass is 10.1. The van der Waals surface area contributed by atoms with E-state index in [1.54, 1.807) is 24.4 Å². The van der Waals surface area contributed by atoms with Gasteiger partial charge in [-0.15, -0.1) is 0 Å². The molecule has 112 valence electrons. The average Bonchev–Trinajstić information content (AvgIpc) is 2.49. The van der Waals surface area contributed by atoms with E-state index in [0.717, 1.165) is 31.6 Å². The first-order valence-corrected chi connectivity index (χ1v) is 7.60. The largest absolute Gasteiger partial charge is 0.317 e. The molecule has 3 rings (SSSR count). The van der Waals surface area contributed by atoms with Gasteiger partial charge in [-0.3, -0.25) is 14.1 Å². The van der Waals surface area contributed by atoms with Crippen LogP contribution in [0, 0.1) is 0 Å². The minimum absolute atomic E-state index is 0.0868. The Morgan fingerprint density at radius 2 is 2.19 bits per heavy atom. The average molecular weight is 307 g/mol. The summed E-state index contributed by atoms with van der Waals surface area (Å²) >= 11 is 5.91. The number of rotatable bonds is 3. The normalized spacial score (nSPS) is 16.7. The summed E-state index contributed by atoms with van der Waals surface area (Å²) in [6.45, 7) is 2.81. The van der Waals surface area contributed by atoms with Gasteiger partial charge in [0.1, 0.15) is 5.65 Å². The summed E-state index contributed by atoms with van der Waals surface area (Å²) in [5.74, 6) is 0. The predicted molar refractivity (Wildman–Crippen MR) is 83.8 cm³/mol. The fourth-order valence-electron chi connectivity index (χ4n) is 2.84. The van der Waals surface area contributed by atoms with Gasteiger partial charge in [-0.25, -0.2) is 4.98 Å². The van der Waals surface area contributed by atoms with Gasteiger partial charge < -0.3 is 5.32 Å². The Kier molecular flexibility index (Phi) is 4.24. The molecule has 1 aliphatic rings. The van der Waals surface area contributed by atoms with Crippen LogP contribution >= 0.6 is 11.6 Å². The summed E-state index contributed by atoms with van der Waals surface area (Å²) in [7, 11) is 2.10. The molecule has 0 spiro atoms. The molecule has 0 atom stereocenters. The van der Waals surface area contributed by atoms with Gasteiger partial charge in [-0.1, -0.05) is 11.6 Å². The van der Waals surface area contributed by atoms with Crippen molar-refractivity contribution in [2.24, 2.45) is 0 Å². The second kappa shape index (κ2) is 6.13. The molecule has 0 bridgehead atoms. The number of halogens is 1. The highest BCUT2D eigenvalue weighted by molar-refractivity contribution is 6.30. The number of hydrogen-bond acceptors (Lipinski definition) is 4. The molecule has 1 saturated heterocycles. The van der Waals surface area contributed by atoms with Crippen molar-refractivity contribution >= 4 is 17.2 Å². The standard InChI is InChI=1S/C15H19ClN4O/c1-19(13-4-6-17-7-5-13)10-12-8-15(21)20-9-11(16)2-3-14(20)18-12/h2-3,8-9,13,17H,4-7,10H2,1H3. The first-order chi connectivity index (χ1) is 10.1. The highest BCUT2D eigenvalue weighted by Crippen LogP contribution is 2.13. The first kappa shape index (κ1) is 14.5. The molecule has 0 saturated carbocycles. The van der Waals surface area contributed by atoms with E-state index in [0.29, 0.717) is 23.3 Å². The molecule has 5 nitrogen and oxygen atoms in total. The second-order valence-electron chi connectivity index (χ2n) is 5.56. The molecular formula is C15H19ClN4O. The topological polar surface area (TPSA) is 49.6 Å². The van der Waals surface area contributed by atoms with E-state index in [-0.39, 0.29) is 5.56 Å². The Bertz CT molecular complexity index is 694. The van der Waals surface area contributed by atoms with Crippen LogP contribution in [0.3, 0.4) is 0 Å². The molecule has 0 aromatic carbocycles. The Balaban J connectivity index is 1.84. The molecule has 0 amide bonds. The summed E-state index contributed by atoms with van der Waals surface area (Å²) in [6, 6.07) is 5.68. The number of nitrogens with zero attached hydrogens (tertiary/aromatic N) is 3. The summed E-state index contributed by atoms with van der Waals surface area (Å²) in [5.41, 5.74) is 1.36. The predicted octanol–water partition coefficient (Wildman–Crippen LogP) is 1.53. The molecule has 1 N–H and O–H groups in total. The van der Waals surface area contributed by atoms with Crippen molar-refractivity contribution in [3.05, 3.63) is 45.5 Å². The van der Waals surface area contributed by atoms with Crippen LogP contribution in [-0.2, 0) is 6.54 Å². The molecule has 6 heteroatoms. The van der Waals surface area contributed by atoms with E-state index in [1.807, 2.05) is 0 Å². The van der Waals surface area contributed by atoms with E-state index in [9.17, 15) is 4.79 Å². The van der Waals surface area contributed by atoms with Crippen molar-refractivity contribution < 1.29 is 0 Å². The minimum atomic E-state index is -0.0868. The zero-order valence-corrected chi connectivity index (χ0v) is 12.8. The fourth-order valence-corrected chi connectivity index (χ4v) is 3.00. The van der Waals surface area contributed by atoms with Gasteiger partial charge in [0.05, 0.1) is 10.7 Å². The Morgan fingerprint density at radius 3 is 2.95 bits per heavy atom. The van der Waals surface area contributed by atoms with E-state index < -0.39 is 0 Å². The molecule has 1 fully saturated rings. The molecule has 1 aliphatic heterocycles. The number of piperidine rings is 1. The van der Waals surface area contributed by atoms with Gasteiger partial charge >= 0.3 is 0 Å². The quantitative estimate of drug-likeness (QED) is 0.934. The van der Waals surface area contributed by atoms with Crippen LogP contribution in [0.4, 0.5) is 0 Å². The molecule has 21 heavy (non-hydrogen) atoms. The van der Waals surface area contributed by atoms with Gasteiger partial charge in [0.25, 0.3) is 5.56 Å². The molecule has 0 unspecified atom stereocenters. The monoisotopic (exact) mass is 306 g/mol. The number of nitrogens with one attached hydrogen (secondary N) is 1.